The SMILES string of the molecule is COC(=O)c1cc(-n2cncn2)cc(C)c1N. The Morgan fingerprint density at radius 3 is 2.82 bits per heavy atom. The van der Waals surface area contributed by atoms with Crippen molar-refractivity contribution in [2.75, 3.05) is 12.8 Å². The fraction of sp³-hybridized carbons (Fsp3) is 0.182. The zero-order valence-corrected chi connectivity index (χ0v) is 9.54. The summed E-state index contributed by atoms with van der Waals surface area (Å²) in [5.41, 5.74) is 8.09. The number of nitrogen functional groups attached to an aromatic ring is 1. The van der Waals surface area contributed by atoms with Gasteiger partial charge in [-0.3, -0.25) is 0 Å². The maximum atomic E-state index is 11.6. The summed E-state index contributed by atoms with van der Waals surface area (Å²) in [6.45, 7) is 1.82. The molecule has 0 saturated heterocycles. The van der Waals surface area contributed by atoms with Gasteiger partial charge in [0.2, 0.25) is 0 Å². The Morgan fingerprint density at radius 2 is 2.24 bits per heavy atom. The van der Waals surface area contributed by atoms with Crippen LogP contribution in [0.15, 0.2) is 24.8 Å². The highest BCUT2D eigenvalue weighted by molar-refractivity contribution is 5.96. The predicted molar refractivity (Wildman–Crippen MR) is 61.8 cm³/mol. The molecule has 6 heteroatoms. The van der Waals surface area contributed by atoms with E-state index >= 15 is 0 Å². The molecule has 0 bridgehead atoms. The third-order valence-corrected chi connectivity index (χ3v) is 2.46. The van der Waals surface area contributed by atoms with Gasteiger partial charge in [-0.15, -0.1) is 0 Å². The number of hydrogen-bond acceptors (Lipinski definition) is 5. The van der Waals surface area contributed by atoms with Gasteiger partial charge >= 0.3 is 5.97 Å². The van der Waals surface area contributed by atoms with Crippen LogP contribution in [0.5, 0.6) is 0 Å². The molecule has 0 aliphatic carbocycles. The molecule has 0 atom stereocenters. The average molecular weight is 232 g/mol. The van der Waals surface area contributed by atoms with E-state index in [9.17, 15) is 4.79 Å². The monoisotopic (exact) mass is 232 g/mol. The van der Waals surface area contributed by atoms with Crippen molar-refractivity contribution in [1.82, 2.24) is 14.8 Å². The Hall–Kier alpha value is -2.37. The van der Waals surface area contributed by atoms with Crippen LogP contribution in [0.2, 0.25) is 0 Å². The number of methoxy groups -OCH3 is 1. The first kappa shape index (κ1) is 11.1. The van der Waals surface area contributed by atoms with Crippen LogP contribution in [0.25, 0.3) is 5.69 Å². The zero-order chi connectivity index (χ0) is 12.4. The van der Waals surface area contributed by atoms with Crippen LogP contribution in [-0.2, 0) is 4.74 Å². The van der Waals surface area contributed by atoms with Crippen LogP contribution < -0.4 is 5.73 Å². The number of aryl methyl sites for hydroxylation is 1. The fourth-order valence-electron chi connectivity index (χ4n) is 1.53. The van der Waals surface area contributed by atoms with E-state index < -0.39 is 5.97 Å². The molecule has 0 aliphatic heterocycles. The average Bonchev–Trinajstić information content (AvgIpc) is 2.85. The molecular formula is C11H12N4O2. The second-order valence-corrected chi connectivity index (χ2v) is 3.56. The van der Waals surface area contributed by atoms with Crippen LogP contribution in [0.1, 0.15) is 15.9 Å². The second-order valence-electron chi connectivity index (χ2n) is 3.56. The Balaban J connectivity index is 2.57. The molecule has 0 aliphatic rings. The van der Waals surface area contributed by atoms with E-state index in [1.807, 2.05) is 13.0 Å². The van der Waals surface area contributed by atoms with Crippen molar-refractivity contribution in [3.05, 3.63) is 35.9 Å². The second kappa shape index (κ2) is 4.25. The smallest absolute Gasteiger partial charge is 0.340 e. The highest BCUT2D eigenvalue weighted by Crippen LogP contribution is 2.22. The molecule has 0 radical (unpaired) electrons. The lowest BCUT2D eigenvalue weighted by atomic mass is 10.1. The van der Waals surface area contributed by atoms with E-state index in [4.69, 9.17) is 5.73 Å². The van der Waals surface area contributed by atoms with Gasteiger partial charge in [0.1, 0.15) is 12.7 Å². The first-order valence-electron chi connectivity index (χ1n) is 4.97. The lowest BCUT2D eigenvalue weighted by Crippen LogP contribution is -2.09. The standard InChI is InChI=1S/C11H12N4O2/c1-7-3-8(15-6-13-5-14-15)4-9(10(7)12)11(16)17-2/h3-6H,12H2,1-2H3. The zero-order valence-electron chi connectivity index (χ0n) is 9.54. The molecule has 0 fully saturated rings. The largest absolute Gasteiger partial charge is 0.465 e. The van der Waals surface area contributed by atoms with E-state index in [0.29, 0.717) is 11.3 Å². The van der Waals surface area contributed by atoms with Crippen molar-refractivity contribution in [3.8, 4) is 5.69 Å². The molecule has 1 heterocycles. The van der Waals surface area contributed by atoms with Gasteiger partial charge < -0.3 is 10.5 Å². The summed E-state index contributed by atoms with van der Waals surface area (Å²) >= 11 is 0. The van der Waals surface area contributed by atoms with Crippen molar-refractivity contribution < 1.29 is 9.53 Å². The number of anilines is 1. The van der Waals surface area contributed by atoms with Gasteiger partial charge in [-0.2, -0.15) is 5.10 Å². The molecule has 6 nitrogen and oxygen atoms in total. The summed E-state index contributed by atoms with van der Waals surface area (Å²) in [7, 11) is 1.32. The molecule has 0 spiro atoms. The van der Waals surface area contributed by atoms with Crippen molar-refractivity contribution >= 4 is 11.7 Å². The maximum absolute atomic E-state index is 11.6. The van der Waals surface area contributed by atoms with E-state index in [-0.39, 0.29) is 0 Å². The summed E-state index contributed by atoms with van der Waals surface area (Å²) in [5.74, 6) is -0.465. The Kier molecular flexibility index (Phi) is 2.78. The normalized spacial score (nSPS) is 10.2. The predicted octanol–water partition coefficient (Wildman–Crippen LogP) is 0.945. The Morgan fingerprint density at radius 1 is 1.47 bits per heavy atom. The minimum Gasteiger partial charge on any atom is -0.465 e. The summed E-state index contributed by atoms with van der Waals surface area (Å²) in [6.07, 6.45) is 2.97. The molecule has 2 N–H and O–H groups in total. The topological polar surface area (TPSA) is 83.0 Å². The molecule has 2 rings (SSSR count). The third kappa shape index (κ3) is 1.96. The van der Waals surface area contributed by atoms with Gasteiger partial charge in [-0.25, -0.2) is 14.5 Å². The summed E-state index contributed by atoms with van der Waals surface area (Å²) in [4.78, 5) is 15.4. The molecular weight excluding hydrogens is 220 g/mol. The first-order valence-corrected chi connectivity index (χ1v) is 4.97. The number of hydrogen-bond donors (Lipinski definition) is 1. The molecule has 1 aromatic heterocycles. The molecule has 0 amide bonds. The van der Waals surface area contributed by atoms with Gasteiger partial charge in [0.25, 0.3) is 0 Å². The van der Waals surface area contributed by atoms with Crippen molar-refractivity contribution in [3.63, 3.8) is 0 Å². The van der Waals surface area contributed by atoms with Gasteiger partial charge in [0.15, 0.2) is 0 Å². The summed E-state index contributed by atoms with van der Waals surface area (Å²) in [6, 6.07) is 3.46. The molecule has 17 heavy (non-hydrogen) atoms. The van der Waals surface area contributed by atoms with Gasteiger partial charge in [0.05, 0.1) is 18.4 Å². The van der Waals surface area contributed by atoms with E-state index in [2.05, 4.69) is 14.8 Å². The number of esters is 1. The Labute approximate surface area is 98.0 Å². The minimum atomic E-state index is -0.465. The third-order valence-electron chi connectivity index (χ3n) is 2.46. The molecule has 2 aromatic rings. The maximum Gasteiger partial charge on any atom is 0.340 e. The van der Waals surface area contributed by atoms with Crippen molar-refractivity contribution in [1.29, 1.82) is 0 Å². The van der Waals surface area contributed by atoms with Crippen LogP contribution in [-0.4, -0.2) is 27.8 Å². The number of carbonyl (C=O) groups is 1. The van der Waals surface area contributed by atoms with Crippen LogP contribution in [0.4, 0.5) is 5.69 Å². The lowest BCUT2D eigenvalue weighted by molar-refractivity contribution is 0.0602. The summed E-state index contributed by atoms with van der Waals surface area (Å²) in [5, 5.41) is 4.00. The lowest BCUT2D eigenvalue weighted by Gasteiger charge is -2.10. The highest BCUT2D eigenvalue weighted by Gasteiger charge is 2.14. The van der Waals surface area contributed by atoms with E-state index in [0.717, 1.165) is 11.3 Å². The van der Waals surface area contributed by atoms with Crippen LogP contribution in [0.3, 0.4) is 0 Å². The number of rotatable bonds is 2. The van der Waals surface area contributed by atoms with E-state index in [1.165, 1.54) is 13.4 Å². The van der Waals surface area contributed by atoms with Crippen molar-refractivity contribution in [2.24, 2.45) is 0 Å². The number of carbonyl (C=O) groups excluding carboxylic acids is 1. The number of nitrogens with zero attached hydrogens (tertiary/aromatic N) is 3. The van der Waals surface area contributed by atoms with Gasteiger partial charge in [-0.1, -0.05) is 0 Å². The molecule has 88 valence electrons. The van der Waals surface area contributed by atoms with Gasteiger partial charge in [-0.05, 0) is 24.6 Å². The number of ether oxygens (including phenoxy) is 1. The van der Waals surface area contributed by atoms with Crippen molar-refractivity contribution in [2.45, 2.75) is 6.92 Å². The molecule has 1 aromatic carbocycles. The molecule has 0 unspecified atom stereocenters. The highest BCUT2D eigenvalue weighted by atomic mass is 16.5. The number of benzene rings is 1. The number of nitrogens with two attached hydrogens (primary N) is 1. The number of aromatic nitrogens is 3. The van der Waals surface area contributed by atoms with Gasteiger partial charge in [0, 0.05) is 5.69 Å². The first-order chi connectivity index (χ1) is 8.13. The van der Waals surface area contributed by atoms with Crippen LogP contribution in [0, 0.1) is 6.92 Å². The van der Waals surface area contributed by atoms with E-state index in [1.54, 1.807) is 17.1 Å². The Bertz CT molecular complexity index is 549. The minimum absolute atomic E-state index is 0.331. The fourth-order valence-corrected chi connectivity index (χ4v) is 1.53. The summed E-state index contributed by atoms with van der Waals surface area (Å²) < 4.78 is 6.23. The molecule has 0 saturated carbocycles. The quantitative estimate of drug-likeness (QED) is 0.615. The van der Waals surface area contributed by atoms with Crippen LogP contribution >= 0.6 is 0 Å².